The standard InChI is InChI=1S/C15H12N4S/c16-9-11-4-3-6-12(8-11)14-7-2-1-5-13(14)10-18-19-15(17)20/h1-8,10H,(H3,17,19,20). The number of nitrogens with zero attached hydrogens (tertiary/aromatic N) is 2. The first kappa shape index (κ1) is 13.7. The molecule has 0 atom stereocenters. The molecule has 4 nitrogen and oxygen atoms in total. The minimum Gasteiger partial charge on any atom is -0.375 e. The van der Waals surface area contributed by atoms with Gasteiger partial charge in [-0.15, -0.1) is 0 Å². The van der Waals surface area contributed by atoms with Crippen molar-refractivity contribution in [3.8, 4) is 17.2 Å². The van der Waals surface area contributed by atoms with Crippen LogP contribution in [0.25, 0.3) is 11.1 Å². The highest BCUT2D eigenvalue weighted by Gasteiger charge is 2.03. The van der Waals surface area contributed by atoms with Crippen LogP contribution in [0.1, 0.15) is 11.1 Å². The summed E-state index contributed by atoms with van der Waals surface area (Å²) in [4.78, 5) is 0. The molecule has 3 N–H and O–H groups in total. The lowest BCUT2D eigenvalue weighted by Crippen LogP contribution is -2.24. The molecule has 5 heteroatoms. The monoisotopic (exact) mass is 280 g/mol. The molecule has 0 aliphatic carbocycles. The van der Waals surface area contributed by atoms with E-state index in [0.717, 1.165) is 16.7 Å². The Kier molecular flexibility index (Phi) is 4.43. The molecule has 0 aliphatic heterocycles. The van der Waals surface area contributed by atoms with Crippen molar-refractivity contribution in [2.75, 3.05) is 0 Å². The normalized spacial score (nSPS) is 10.2. The van der Waals surface area contributed by atoms with Crippen LogP contribution in [0.2, 0.25) is 0 Å². The maximum absolute atomic E-state index is 8.97. The molecule has 0 bridgehead atoms. The van der Waals surface area contributed by atoms with Gasteiger partial charge in [-0.05, 0) is 35.5 Å². The summed E-state index contributed by atoms with van der Waals surface area (Å²) in [5.41, 5.74) is 11.3. The van der Waals surface area contributed by atoms with E-state index in [1.165, 1.54) is 0 Å². The number of hydrazone groups is 1. The van der Waals surface area contributed by atoms with Crippen molar-refractivity contribution in [1.29, 1.82) is 5.26 Å². The van der Waals surface area contributed by atoms with Gasteiger partial charge < -0.3 is 5.73 Å². The lowest BCUT2D eigenvalue weighted by Gasteiger charge is -2.06. The second-order valence-electron chi connectivity index (χ2n) is 4.01. The third-order valence-corrected chi connectivity index (χ3v) is 2.73. The summed E-state index contributed by atoms with van der Waals surface area (Å²) in [5.74, 6) is 0. The van der Waals surface area contributed by atoms with E-state index in [1.807, 2.05) is 42.5 Å². The number of rotatable bonds is 3. The third-order valence-electron chi connectivity index (χ3n) is 2.64. The van der Waals surface area contributed by atoms with E-state index in [-0.39, 0.29) is 5.11 Å². The minimum atomic E-state index is 0.116. The van der Waals surface area contributed by atoms with Crippen LogP contribution in [0.4, 0.5) is 0 Å². The number of nitriles is 1. The van der Waals surface area contributed by atoms with E-state index in [4.69, 9.17) is 11.0 Å². The Balaban J connectivity index is 2.39. The van der Waals surface area contributed by atoms with Crippen LogP contribution in [0.3, 0.4) is 0 Å². The van der Waals surface area contributed by atoms with Crippen molar-refractivity contribution in [2.24, 2.45) is 10.8 Å². The number of hydrogen-bond donors (Lipinski definition) is 2. The average Bonchev–Trinajstić information content (AvgIpc) is 2.47. The summed E-state index contributed by atoms with van der Waals surface area (Å²) in [6, 6.07) is 17.3. The summed E-state index contributed by atoms with van der Waals surface area (Å²) in [5, 5.41) is 13.0. The van der Waals surface area contributed by atoms with E-state index in [1.54, 1.807) is 12.3 Å². The molecular formula is C15H12N4S. The highest BCUT2D eigenvalue weighted by atomic mass is 32.1. The second-order valence-corrected chi connectivity index (χ2v) is 4.45. The molecule has 0 saturated heterocycles. The molecule has 2 rings (SSSR count). The van der Waals surface area contributed by atoms with Crippen molar-refractivity contribution in [2.45, 2.75) is 0 Å². The fraction of sp³-hybridized carbons (Fsp3) is 0. The summed E-state index contributed by atoms with van der Waals surface area (Å²) in [6.07, 6.45) is 1.65. The molecule has 0 fully saturated rings. The Hall–Kier alpha value is -2.71. The summed E-state index contributed by atoms with van der Waals surface area (Å²) in [6.45, 7) is 0. The van der Waals surface area contributed by atoms with Crippen LogP contribution in [-0.4, -0.2) is 11.3 Å². The van der Waals surface area contributed by atoms with Crippen LogP contribution < -0.4 is 11.2 Å². The van der Waals surface area contributed by atoms with Crippen molar-refractivity contribution < 1.29 is 0 Å². The molecule has 0 aromatic heterocycles. The highest BCUT2D eigenvalue weighted by Crippen LogP contribution is 2.23. The molecule has 98 valence electrons. The molecule has 20 heavy (non-hydrogen) atoms. The number of nitrogens with two attached hydrogens (primary N) is 1. The second kappa shape index (κ2) is 6.45. The van der Waals surface area contributed by atoms with Gasteiger partial charge in [0.05, 0.1) is 17.8 Å². The zero-order chi connectivity index (χ0) is 14.4. The summed E-state index contributed by atoms with van der Waals surface area (Å²) < 4.78 is 0. The number of benzene rings is 2. The predicted octanol–water partition coefficient (Wildman–Crippen LogP) is 2.39. The summed E-state index contributed by atoms with van der Waals surface area (Å²) in [7, 11) is 0. The maximum Gasteiger partial charge on any atom is 0.184 e. The third kappa shape index (κ3) is 3.40. The van der Waals surface area contributed by atoms with E-state index in [0.29, 0.717) is 5.56 Å². The van der Waals surface area contributed by atoms with E-state index >= 15 is 0 Å². The number of nitrogens with one attached hydrogen (secondary N) is 1. The molecule has 0 amide bonds. The molecule has 0 aliphatic rings. The quantitative estimate of drug-likeness (QED) is 0.514. The Morgan fingerprint density at radius 3 is 2.80 bits per heavy atom. The number of thiocarbonyl (C=S) groups is 1. The van der Waals surface area contributed by atoms with Gasteiger partial charge in [0.25, 0.3) is 0 Å². The van der Waals surface area contributed by atoms with Gasteiger partial charge in [-0.1, -0.05) is 36.4 Å². The highest BCUT2D eigenvalue weighted by molar-refractivity contribution is 7.80. The first-order chi connectivity index (χ1) is 9.70. The van der Waals surface area contributed by atoms with Crippen LogP contribution in [0, 0.1) is 11.3 Å². The van der Waals surface area contributed by atoms with Gasteiger partial charge in [0.15, 0.2) is 5.11 Å². The summed E-state index contributed by atoms with van der Waals surface area (Å²) >= 11 is 4.69. The van der Waals surface area contributed by atoms with E-state index in [2.05, 4.69) is 28.8 Å². The zero-order valence-corrected chi connectivity index (χ0v) is 11.4. The lowest BCUT2D eigenvalue weighted by atomic mass is 9.99. The van der Waals surface area contributed by atoms with Crippen molar-refractivity contribution in [3.05, 3.63) is 59.7 Å². The van der Waals surface area contributed by atoms with Gasteiger partial charge in [0.2, 0.25) is 0 Å². The van der Waals surface area contributed by atoms with Crippen molar-refractivity contribution in [1.82, 2.24) is 5.43 Å². The van der Waals surface area contributed by atoms with Crippen LogP contribution in [0.15, 0.2) is 53.6 Å². The molecular weight excluding hydrogens is 268 g/mol. The van der Waals surface area contributed by atoms with Gasteiger partial charge in [-0.3, -0.25) is 5.43 Å². The Morgan fingerprint density at radius 1 is 1.25 bits per heavy atom. The van der Waals surface area contributed by atoms with Gasteiger partial charge in [-0.2, -0.15) is 10.4 Å². The predicted molar refractivity (Wildman–Crippen MR) is 84.1 cm³/mol. The van der Waals surface area contributed by atoms with Gasteiger partial charge in [0, 0.05) is 5.56 Å². The average molecular weight is 280 g/mol. The Bertz CT molecular complexity index is 701. The van der Waals surface area contributed by atoms with Gasteiger partial charge in [0.1, 0.15) is 0 Å². The molecule has 2 aromatic rings. The topological polar surface area (TPSA) is 74.2 Å². The first-order valence-corrected chi connectivity index (χ1v) is 6.29. The first-order valence-electron chi connectivity index (χ1n) is 5.89. The molecule has 0 heterocycles. The zero-order valence-electron chi connectivity index (χ0n) is 10.6. The molecule has 0 saturated carbocycles. The molecule has 2 aromatic carbocycles. The van der Waals surface area contributed by atoms with E-state index in [9.17, 15) is 0 Å². The fourth-order valence-electron chi connectivity index (χ4n) is 1.79. The van der Waals surface area contributed by atoms with Crippen molar-refractivity contribution >= 4 is 23.5 Å². The van der Waals surface area contributed by atoms with Crippen LogP contribution in [-0.2, 0) is 0 Å². The van der Waals surface area contributed by atoms with Crippen LogP contribution in [0.5, 0.6) is 0 Å². The molecule has 0 unspecified atom stereocenters. The fourth-order valence-corrected chi connectivity index (χ4v) is 1.85. The molecule has 0 radical (unpaired) electrons. The lowest BCUT2D eigenvalue weighted by molar-refractivity contribution is 1.04. The van der Waals surface area contributed by atoms with E-state index < -0.39 is 0 Å². The van der Waals surface area contributed by atoms with Crippen LogP contribution >= 0.6 is 12.2 Å². The largest absolute Gasteiger partial charge is 0.375 e. The minimum absolute atomic E-state index is 0.116. The Labute approximate surface area is 122 Å². The number of hydrogen-bond acceptors (Lipinski definition) is 3. The maximum atomic E-state index is 8.97. The van der Waals surface area contributed by atoms with Gasteiger partial charge >= 0.3 is 0 Å². The molecule has 0 spiro atoms. The van der Waals surface area contributed by atoms with Crippen molar-refractivity contribution in [3.63, 3.8) is 0 Å². The van der Waals surface area contributed by atoms with Gasteiger partial charge in [-0.25, -0.2) is 0 Å². The smallest absolute Gasteiger partial charge is 0.184 e. The Morgan fingerprint density at radius 2 is 2.05 bits per heavy atom. The SMILES string of the molecule is N#Cc1cccc(-c2ccccc2C=NNC(N)=S)c1.